The first-order valence-corrected chi connectivity index (χ1v) is 6.35. The van der Waals surface area contributed by atoms with Crippen molar-refractivity contribution in [2.24, 2.45) is 0 Å². The third-order valence-electron chi connectivity index (χ3n) is 2.96. The highest BCUT2D eigenvalue weighted by Crippen LogP contribution is 2.25. The molecule has 0 spiro atoms. The summed E-state index contributed by atoms with van der Waals surface area (Å²) in [6.07, 6.45) is 1.54. The minimum Gasteiger partial charge on any atom is -0.464 e. The number of esters is 1. The Morgan fingerprint density at radius 3 is 2.43 bits per heavy atom. The Kier molecular flexibility index (Phi) is 3.51. The summed E-state index contributed by atoms with van der Waals surface area (Å²) in [6, 6.07) is 15.8. The van der Waals surface area contributed by atoms with Crippen LogP contribution in [0.5, 0.6) is 5.75 Å². The van der Waals surface area contributed by atoms with Crippen molar-refractivity contribution in [3.63, 3.8) is 0 Å². The maximum absolute atomic E-state index is 12.8. The van der Waals surface area contributed by atoms with Crippen LogP contribution in [0.3, 0.4) is 0 Å². The average molecular weight is 282 g/mol. The van der Waals surface area contributed by atoms with Gasteiger partial charge in [-0.05, 0) is 42.5 Å². The second kappa shape index (κ2) is 5.63. The first-order chi connectivity index (χ1) is 10.2. The molecule has 0 N–H and O–H groups in total. The molecule has 0 unspecified atom stereocenters. The van der Waals surface area contributed by atoms with Crippen LogP contribution in [0.25, 0.3) is 11.3 Å². The Morgan fingerprint density at radius 1 is 0.952 bits per heavy atom. The molecule has 2 aromatic carbocycles. The number of benzene rings is 2. The van der Waals surface area contributed by atoms with E-state index in [0.29, 0.717) is 16.9 Å². The van der Waals surface area contributed by atoms with Crippen LogP contribution < -0.4 is 4.74 Å². The Labute approximate surface area is 120 Å². The minimum absolute atomic E-state index is 0.288. The highest BCUT2D eigenvalue weighted by atomic mass is 19.1. The monoisotopic (exact) mass is 282 g/mol. The summed E-state index contributed by atoms with van der Waals surface area (Å²) in [6.45, 7) is 0. The maximum atomic E-state index is 12.8. The van der Waals surface area contributed by atoms with Gasteiger partial charge in [-0.2, -0.15) is 0 Å². The summed E-state index contributed by atoms with van der Waals surface area (Å²) in [5.41, 5.74) is 1.03. The van der Waals surface area contributed by atoms with Crippen LogP contribution in [0.2, 0.25) is 0 Å². The molecular formula is C17H11FO3. The van der Waals surface area contributed by atoms with Crippen molar-refractivity contribution in [2.45, 2.75) is 0 Å². The fourth-order valence-electron chi connectivity index (χ4n) is 1.97. The normalized spacial score (nSPS) is 10.3. The summed E-state index contributed by atoms with van der Waals surface area (Å²) < 4.78 is 23.4. The molecule has 0 radical (unpaired) electrons. The Balaban J connectivity index is 1.90. The van der Waals surface area contributed by atoms with Gasteiger partial charge in [0, 0.05) is 5.56 Å². The van der Waals surface area contributed by atoms with Gasteiger partial charge in [-0.15, -0.1) is 0 Å². The number of rotatable bonds is 3. The number of hydrogen-bond acceptors (Lipinski definition) is 3. The first-order valence-electron chi connectivity index (χ1n) is 6.35. The number of halogens is 1. The molecule has 0 aliphatic rings. The SMILES string of the molecule is O=C(Oc1ccc(F)cc1)c1ccccc1-c1ccco1. The minimum atomic E-state index is -0.520. The molecule has 104 valence electrons. The van der Waals surface area contributed by atoms with Crippen LogP contribution in [0.15, 0.2) is 71.3 Å². The molecule has 0 aliphatic heterocycles. The van der Waals surface area contributed by atoms with Gasteiger partial charge >= 0.3 is 5.97 Å². The van der Waals surface area contributed by atoms with E-state index in [9.17, 15) is 9.18 Å². The topological polar surface area (TPSA) is 39.4 Å². The molecule has 0 fully saturated rings. The molecule has 3 aromatic rings. The van der Waals surface area contributed by atoms with Crippen LogP contribution in [0, 0.1) is 5.82 Å². The molecule has 0 aliphatic carbocycles. The number of hydrogen-bond donors (Lipinski definition) is 0. The van der Waals surface area contributed by atoms with Crippen LogP contribution in [-0.2, 0) is 0 Å². The van der Waals surface area contributed by atoms with E-state index < -0.39 is 5.97 Å². The summed E-state index contributed by atoms with van der Waals surface area (Å²) in [5.74, 6) is -0.0308. The van der Waals surface area contributed by atoms with E-state index >= 15 is 0 Å². The molecule has 0 atom stereocenters. The molecule has 0 bridgehead atoms. The van der Waals surface area contributed by atoms with Crippen LogP contribution in [0.1, 0.15) is 10.4 Å². The number of ether oxygens (including phenoxy) is 1. The zero-order valence-corrected chi connectivity index (χ0v) is 11.0. The third kappa shape index (κ3) is 2.84. The van der Waals surface area contributed by atoms with E-state index in [4.69, 9.17) is 9.15 Å². The van der Waals surface area contributed by atoms with Crippen molar-refractivity contribution in [3.05, 3.63) is 78.3 Å². The van der Waals surface area contributed by atoms with Crippen molar-refractivity contribution in [1.29, 1.82) is 0 Å². The van der Waals surface area contributed by atoms with Crippen molar-refractivity contribution < 1.29 is 18.3 Å². The fraction of sp³-hybridized carbons (Fsp3) is 0. The molecular weight excluding hydrogens is 271 g/mol. The Bertz CT molecular complexity index is 746. The van der Waals surface area contributed by atoms with E-state index in [2.05, 4.69) is 0 Å². The lowest BCUT2D eigenvalue weighted by Crippen LogP contribution is -2.09. The smallest absolute Gasteiger partial charge is 0.344 e. The van der Waals surface area contributed by atoms with E-state index in [-0.39, 0.29) is 11.6 Å². The van der Waals surface area contributed by atoms with E-state index in [1.807, 2.05) is 6.07 Å². The summed E-state index contributed by atoms with van der Waals surface area (Å²) >= 11 is 0. The molecule has 1 heterocycles. The summed E-state index contributed by atoms with van der Waals surface area (Å²) in [5, 5.41) is 0. The van der Waals surface area contributed by atoms with Crippen molar-refractivity contribution in [2.75, 3.05) is 0 Å². The predicted octanol–water partition coefficient (Wildman–Crippen LogP) is 4.30. The summed E-state index contributed by atoms with van der Waals surface area (Å²) in [7, 11) is 0. The quantitative estimate of drug-likeness (QED) is 0.531. The van der Waals surface area contributed by atoms with Gasteiger partial charge in [0.25, 0.3) is 0 Å². The number of furan rings is 1. The second-order valence-electron chi connectivity index (χ2n) is 4.37. The average Bonchev–Trinajstić information content (AvgIpc) is 3.04. The summed E-state index contributed by atoms with van der Waals surface area (Å²) in [4.78, 5) is 12.3. The molecule has 1 aromatic heterocycles. The number of carbonyl (C=O) groups excluding carboxylic acids is 1. The number of carbonyl (C=O) groups is 1. The molecule has 0 saturated carbocycles. The Morgan fingerprint density at radius 2 is 1.71 bits per heavy atom. The lowest BCUT2D eigenvalue weighted by atomic mass is 10.1. The standard InChI is InChI=1S/C17H11FO3/c18-12-7-9-13(10-8-12)21-17(19)15-5-2-1-4-14(15)16-6-3-11-20-16/h1-11H. The lowest BCUT2D eigenvalue weighted by molar-refractivity contribution is 0.0735. The molecule has 4 heteroatoms. The lowest BCUT2D eigenvalue weighted by Gasteiger charge is -2.07. The third-order valence-corrected chi connectivity index (χ3v) is 2.96. The Hall–Kier alpha value is -2.88. The van der Waals surface area contributed by atoms with Gasteiger partial charge in [-0.25, -0.2) is 9.18 Å². The highest BCUT2D eigenvalue weighted by molar-refractivity contribution is 5.97. The van der Waals surface area contributed by atoms with E-state index in [1.165, 1.54) is 30.5 Å². The predicted molar refractivity (Wildman–Crippen MR) is 75.5 cm³/mol. The van der Waals surface area contributed by atoms with E-state index in [0.717, 1.165) is 0 Å². The molecule has 3 nitrogen and oxygen atoms in total. The van der Waals surface area contributed by atoms with Gasteiger partial charge in [-0.3, -0.25) is 0 Å². The molecule has 0 amide bonds. The van der Waals surface area contributed by atoms with Crippen molar-refractivity contribution in [1.82, 2.24) is 0 Å². The highest BCUT2D eigenvalue weighted by Gasteiger charge is 2.16. The van der Waals surface area contributed by atoms with Gasteiger partial charge < -0.3 is 9.15 Å². The molecule has 21 heavy (non-hydrogen) atoms. The zero-order chi connectivity index (χ0) is 14.7. The van der Waals surface area contributed by atoms with Crippen LogP contribution in [-0.4, -0.2) is 5.97 Å². The van der Waals surface area contributed by atoms with Gasteiger partial charge in [0.1, 0.15) is 17.3 Å². The van der Waals surface area contributed by atoms with Gasteiger partial charge in [-0.1, -0.05) is 18.2 Å². The van der Waals surface area contributed by atoms with Gasteiger partial charge in [0.2, 0.25) is 0 Å². The largest absolute Gasteiger partial charge is 0.464 e. The van der Waals surface area contributed by atoms with Crippen molar-refractivity contribution in [3.8, 4) is 17.1 Å². The zero-order valence-electron chi connectivity index (χ0n) is 11.0. The molecule has 3 rings (SSSR count). The maximum Gasteiger partial charge on any atom is 0.344 e. The fourth-order valence-corrected chi connectivity index (χ4v) is 1.97. The van der Waals surface area contributed by atoms with E-state index in [1.54, 1.807) is 30.3 Å². The van der Waals surface area contributed by atoms with Crippen molar-refractivity contribution >= 4 is 5.97 Å². The second-order valence-corrected chi connectivity index (χ2v) is 4.37. The molecule has 0 saturated heterocycles. The van der Waals surface area contributed by atoms with Crippen LogP contribution in [0.4, 0.5) is 4.39 Å². The first kappa shape index (κ1) is 13.1. The van der Waals surface area contributed by atoms with Gasteiger partial charge in [0.05, 0.1) is 11.8 Å². The van der Waals surface area contributed by atoms with Gasteiger partial charge in [0.15, 0.2) is 0 Å². The van der Waals surface area contributed by atoms with Crippen LogP contribution >= 0.6 is 0 Å².